The second-order valence-corrected chi connectivity index (χ2v) is 13.8. The van der Waals surface area contributed by atoms with E-state index in [0.29, 0.717) is 16.2 Å². The number of hydrogen-bond donors (Lipinski definition) is 0. The van der Waals surface area contributed by atoms with Gasteiger partial charge in [-0.3, -0.25) is 0 Å². The fourth-order valence-electron chi connectivity index (χ4n) is 1.30. The molecule has 0 saturated heterocycles. The molecule has 1 radical (unpaired) electrons. The minimum atomic E-state index is 0. The molecule has 0 aromatic carbocycles. The van der Waals surface area contributed by atoms with Gasteiger partial charge in [-0.05, 0) is 49.9 Å². The summed E-state index contributed by atoms with van der Waals surface area (Å²) in [6.07, 6.45) is 12.2. The van der Waals surface area contributed by atoms with E-state index in [4.69, 9.17) is 0 Å². The van der Waals surface area contributed by atoms with E-state index < -0.39 is 0 Å². The third kappa shape index (κ3) is 164. The first kappa shape index (κ1) is 52.6. The molecular weight excluding hydrogens is 509 g/mol. The SMILES string of the molecule is CC(C)(C)C.CC/C=C/C(C)(C)C.CC/C=C\C(C)(C)C.CCC#CC(C)(C)C.C[C-](C)C.[CH2-]C.[Y]. The Morgan fingerprint density at radius 3 is 0.889 bits per heavy atom. The van der Waals surface area contributed by atoms with Crippen LogP contribution >= 0.6 is 0 Å². The molecule has 0 spiro atoms. The van der Waals surface area contributed by atoms with Crippen LogP contribution in [0.15, 0.2) is 24.3 Å². The van der Waals surface area contributed by atoms with Gasteiger partial charge in [-0.25, -0.2) is 0 Å². The van der Waals surface area contributed by atoms with Crippen LogP contribution in [-0.2, 0) is 32.7 Å². The average Bonchev–Trinajstić information content (AvgIpc) is 2.62. The van der Waals surface area contributed by atoms with Gasteiger partial charge in [0.2, 0.25) is 0 Å². The quantitative estimate of drug-likeness (QED) is 0.173. The zero-order valence-electron chi connectivity index (χ0n) is 29.2. The molecule has 0 saturated carbocycles. The van der Waals surface area contributed by atoms with Gasteiger partial charge in [0, 0.05) is 44.5 Å². The van der Waals surface area contributed by atoms with Crippen molar-refractivity contribution in [3.63, 3.8) is 0 Å². The summed E-state index contributed by atoms with van der Waals surface area (Å²) < 4.78 is 0. The van der Waals surface area contributed by atoms with Crippen LogP contribution in [0.25, 0.3) is 0 Å². The van der Waals surface area contributed by atoms with Crippen molar-refractivity contribution in [2.45, 2.75) is 158 Å². The summed E-state index contributed by atoms with van der Waals surface area (Å²) in [5.41, 5.74) is 1.43. The number of allylic oxidation sites excluding steroid dienone is 4. The van der Waals surface area contributed by atoms with Crippen LogP contribution in [-0.4, -0.2) is 0 Å². The summed E-state index contributed by atoms with van der Waals surface area (Å²) in [5, 5.41) is 0. The standard InChI is InChI=1S/2C8H16.C8H14.C5H12.C4H9.C2H5.Y/c3*1-5-6-7-8(2,3)4;1-5(2,3)4;1-4(2)3;1-2;/h2*6-7H,5H2,1-4H3;5H2,1-4H3;1-4H3;1-3H3;1H2,2H3;/q;;;;2*-1;/b7-6+;7-6-;;;;;. The van der Waals surface area contributed by atoms with E-state index in [1.807, 2.05) is 0 Å². The van der Waals surface area contributed by atoms with Crippen molar-refractivity contribution < 1.29 is 32.7 Å². The van der Waals surface area contributed by atoms with Gasteiger partial charge in [-0.2, -0.15) is 27.7 Å². The predicted octanol–water partition coefficient (Wildman–Crippen LogP) is 13.0. The largest absolute Gasteiger partial charge is 0.346 e. The molecule has 0 aliphatic rings. The Morgan fingerprint density at radius 2 is 0.833 bits per heavy atom. The van der Waals surface area contributed by atoms with Crippen molar-refractivity contribution >= 4 is 0 Å². The van der Waals surface area contributed by atoms with Crippen molar-refractivity contribution in [2.24, 2.45) is 21.7 Å². The molecule has 0 unspecified atom stereocenters. The molecule has 36 heavy (non-hydrogen) atoms. The molecule has 0 rings (SSSR count). The summed E-state index contributed by atoms with van der Waals surface area (Å²) in [7, 11) is 0. The predicted molar refractivity (Wildman–Crippen MR) is 172 cm³/mol. The zero-order chi connectivity index (χ0) is 29.9. The van der Waals surface area contributed by atoms with E-state index in [-0.39, 0.29) is 38.1 Å². The minimum Gasteiger partial charge on any atom is -0.346 e. The first-order valence-electron chi connectivity index (χ1n) is 13.7. The van der Waals surface area contributed by atoms with Crippen molar-refractivity contribution in [2.75, 3.05) is 0 Å². The molecule has 0 atom stereocenters. The van der Waals surface area contributed by atoms with Gasteiger partial charge in [0.15, 0.2) is 0 Å². The van der Waals surface area contributed by atoms with Crippen LogP contribution in [0, 0.1) is 46.3 Å². The summed E-state index contributed by atoms with van der Waals surface area (Å²) in [6, 6.07) is 0. The molecule has 1 heteroatoms. The van der Waals surface area contributed by atoms with E-state index in [1.54, 1.807) is 6.92 Å². The molecule has 0 fully saturated rings. The van der Waals surface area contributed by atoms with Crippen LogP contribution in [0.2, 0.25) is 0 Å². The van der Waals surface area contributed by atoms with Crippen LogP contribution in [0.1, 0.15) is 158 Å². The third-order valence-corrected chi connectivity index (χ3v) is 2.35. The fraction of sp³-hybridized carbons (Fsp3) is 0.771. The minimum absolute atomic E-state index is 0. The van der Waals surface area contributed by atoms with Gasteiger partial charge in [0.25, 0.3) is 0 Å². The monoisotopic (exact) mass is 581 g/mol. The van der Waals surface area contributed by atoms with E-state index in [1.165, 1.54) is 5.92 Å². The maximum atomic E-state index is 3.25. The summed E-state index contributed by atoms with van der Waals surface area (Å²) in [5.74, 6) is 7.58. The van der Waals surface area contributed by atoms with Crippen LogP contribution < -0.4 is 0 Å². The molecule has 217 valence electrons. The Balaban J connectivity index is -0.0000000581. The maximum absolute atomic E-state index is 3.25. The molecule has 0 aliphatic carbocycles. The summed E-state index contributed by atoms with van der Waals surface area (Å²) in [4.78, 5) is 0. The van der Waals surface area contributed by atoms with E-state index in [0.717, 1.165) is 19.3 Å². The topological polar surface area (TPSA) is 0 Å². The van der Waals surface area contributed by atoms with Crippen LogP contribution in [0.3, 0.4) is 0 Å². The zero-order valence-corrected chi connectivity index (χ0v) is 32.1. The van der Waals surface area contributed by atoms with Crippen molar-refractivity contribution in [1.29, 1.82) is 0 Å². The van der Waals surface area contributed by atoms with Crippen molar-refractivity contribution in [3.05, 3.63) is 37.1 Å². The second-order valence-electron chi connectivity index (χ2n) is 13.8. The van der Waals surface area contributed by atoms with E-state index >= 15 is 0 Å². The molecule has 0 N–H and O–H groups in total. The Morgan fingerprint density at radius 1 is 0.611 bits per heavy atom. The molecule has 0 bridgehead atoms. The fourth-order valence-corrected chi connectivity index (χ4v) is 1.30. The van der Waals surface area contributed by atoms with Gasteiger partial charge in [-0.15, -0.1) is 5.92 Å². The number of hydrogen-bond acceptors (Lipinski definition) is 0. The Bertz CT molecular complexity index is 462. The maximum Gasteiger partial charge on any atom is 0.0230 e. The van der Waals surface area contributed by atoms with Crippen molar-refractivity contribution in [3.8, 4) is 11.8 Å². The summed E-state index contributed by atoms with van der Waals surface area (Å²) in [6.45, 7) is 46.0. The first-order chi connectivity index (χ1) is 15.4. The summed E-state index contributed by atoms with van der Waals surface area (Å²) >= 11 is 0. The van der Waals surface area contributed by atoms with Gasteiger partial charge >= 0.3 is 0 Å². The molecule has 0 aliphatic heterocycles. The van der Waals surface area contributed by atoms with Crippen molar-refractivity contribution in [1.82, 2.24) is 0 Å². The first-order valence-corrected chi connectivity index (χ1v) is 13.7. The second kappa shape index (κ2) is 31.4. The normalized spacial score (nSPS) is 10.8. The average molecular weight is 582 g/mol. The van der Waals surface area contributed by atoms with Gasteiger partial charge in [-0.1, -0.05) is 120 Å². The molecule has 0 amide bonds. The molecule has 0 nitrogen and oxygen atoms in total. The number of rotatable bonds is 2. The molecular formula is C35H72Y-2. The molecule has 0 aromatic heterocycles. The molecule has 0 aromatic rings. The van der Waals surface area contributed by atoms with E-state index in [9.17, 15) is 0 Å². The van der Waals surface area contributed by atoms with Gasteiger partial charge < -0.3 is 12.8 Å². The third-order valence-electron chi connectivity index (χ3n) is 2.35. The smallest absolute Gasteiger partial charge is 0.0230 e. The Hall–Kier alpha value is 0.144. The molecule has 0 heterocycles. The van der Waals surface area contributed by atoms with Crippen LogP contribution in [0.5, 0.6) is 0 Å². The Labute approximate surface area is 259 Å². The van der Waals surface area contributed by atoms with E-state index in [2.05, 4.69) is 175 Å². The van der Waals surface area contributed by atoms with Gasteiger partial charge in [0.1, 0.15) is 0 Å². The Kier molecular flexibility index (Phi) is 45.8. The van der Waals surface area contributed by atoms with Crippen LogP contribution in [0.4, 0.5) is 0 Å². The van der Waals surface area contributed by atoms with Gasteiger partial charge in [0.05, 0.1) is 0 Å².